The number of rotatable bonds is 3. The Hall–Kier alpha value is -0.860. The molecule has 1 unspecified atom stereocenters. The van der Waals surface area contributed by atoms with Crippen LogP contribution in [0.4, 0.5) is 0 Å². The number of benzene rings is 1. The zero-order valence-corrected chi connectivity index (χ0v) is 9.33. The molecule has 0 radical (unpaired) electrons. The first-order valence-electron chi connectivity index (χ1n) is 5.72. The number of nitrogens with one attached hydrogen (secondary N) is 1. The molecule has 1 aliphatic rings. The Morgan fingerprint density at radius 3 is 2.93 bits per heavy atom. The molecule has 1 saturated heterocycles. The first kappa shape index (κ1) is 10.7. The second-order valence-electron chi connectivity index (χ2n) is 4.13. The summed E-state index contributed by atoms with van der Waals surface area (Å²) >= 11 is 0. The van der Waals surface area contributed by atoms with Gasteiger partial charge in [0.1, 0.15) is 0 Å². The highest BCUT2D eigenvalue weighted by Gasteiger charge is 2.16. The molecule has 0 bridgehead atoms. The van der Waals surface area contributed by atoms with Gasteiger partial charge in [-0.3, -0.25) is 0 Å². The van der Waals surface area contributed by atoms with E-state index in [4.69, 9.17) is 4.74 Å². The van der Waals surface area contributed by atoms with Crippen molar-refractivity contribution in [1.29, 1.82) is 0 Å². The summed E-state index contributed by atoms with van der Waals surface area (Å²) in [6.45, 7) is 1.86. The van der Waals surface area contributed by atoms with Gasteiger partial charge in [0, 0.05) is 13.2 Å². The second-order valence-corrected chi connectivity index (χ2v) is 4.13. The quantitative estimate of drug-likeness (QED) is 0.819. The van der Waals surface area contributed by atoms with Crippen LogP contribution in [0.1, 0.15) is 36.4 Å². The molecule has 1 atom stereocenters. The van der Waals surface area contributed by atoms with Gasteiger partial charge in [-0.15, -0.1) is 0 Å². The van der Waals surface area contributed by atoms with Crippen molar-refractivity contribution >= 4 is 0 Å². The Morgan fingerprint density at radius 1 is 1.33 bits per heavy atom. The first-order valence-corrected chi connectivity index (χ1v) is 5.72. The van der Waals surface area contributed by atoms with Gasteiger partial charge in [0.25, 0.3) is 0 Å². The van der Waals surface area contributed by atoms with Crippen LogP contribution in [-0.2, 0) is 11.3 Å². The predicted molar refractivity (Wildman–Crippen MR) is 61.7 cm³/mol. The Balaban J connectivity index is 2.17. The molecule has 1 aliphatic heterocycles. The normalized spacial score (nSPS) is 21.5. The highest BCUT2D eigenvalue weighted by Crippen LogP contribution is 2.25. The van der Waals surface area contributed by atoms with Crippen molar-refractivity contribution in [2.75, 3.05) is 13.7 Å². The van der Waals surface area contributed by atoms with Gasteiger partial charge in [0.15, 0.2) is 0 Å². The summed E-state index contributed by atoms with van der Waals surface area (Å²) in [5.41, 5.74) is 2.73. The van der Waals surface area contributed by atoms with Crippen LogP contribution in [0, 0.1) is 0 Å². The van der Waals surface area contributed by atoms with Crippen LogP contribution in [0.3, 0.4) is 0 Å². The van der Waals surface area contributed by atoms with Gasteiger partial charge in [0.2, 0.25) is 0 Å². The van der Waals surface area contributed by atoms with Crippen molar-refractivity contribution in [2.45, 2.75) is 31.9 Å². The van der Waals surface area contributed by atoms with E-state index in [2.05, 4.69) is 29.6 Å². The fraction of sp³-hybridized carbons (Fsp3) is 0.538. The monoisotopic (exact) mass is 205 g/mol. The molecular weight excluding hydrogens is 186 g/mol. The zero-order chi connectivity index (χ0) is 10.5. The zero-order valence-electron chi connectivity index (χ0n) is 9.33. The molecular formula is C13H19NO. The van der Waals surface area contributed by atoms with E-state index >= 15 is 0 Å². The van der Waals surface area contributed by atoms with Crippen molar-refractivity contribution in [1.82, 2.24) is 5.32 Å². The standard InChI is InChI=1S/C13H19NO/c1-15-10-11-6-2-3-7-12(11)13-8-4-5-9-14-13/h2-3,6-7,13-14H,4-5,8-10H2,1H3. The van der Waals surface area contributed by atoms with Gasteiger partial charge in [-0.2, -0.15) is 0 Å². The highest BCUT2D eigenvalue weighted by atomic mass is 16.5. The minimum absolute atomic E-state index is 0.532. The van der Waals surface area contributed by atoms with Crippen LogP contribution in [0.2, 0.25) is 0 Å². The van der Waals surface area contributed by atoms with E-state index in [1.54, 1.807) is 7.11 Å². The molecule has 15 heavy (non-hydrogen) atoms. The van der Waals surface area contributed by atoms with E-state index in [-0.39, 0.29) is 0 Å². The van der Waals surface area contributed by atoms with Crippen LogP contribution in [0.25, 0.3) is 0 Å². The van der Waals surface area contributed by atoms with E-state index in [0.29, 0.717) is 12.6 Å². The van der Waals surface area contributed by atoms with Crippen LogP contribution >= 0.6 is 0 Å². The van der Waals surface area contributed by atoms with E-state index < -0.39 is 0 Å². The average molecular weight is 205 g/mol. The fourth-order valence-corrected chi connectivity index (χ4v) is 2.28. The maximum Gasteiger partial charge on any atom is 0.0716 e. The molecule has 1 N–H and O–H groups in total. The molecule has 1 heterocycles. The molecule has 1 fully saturated rings. The summed E-state index contributed by atoms with van der Waals surface area (Å²) in [5.74, 6) is 0. The van der Waals surface area contributed by atoms with E-state index in [1.807, 2.05) is 0 Å². The molecule has 0 saturated carbocycles. The van der Waals surface area contributed by atoms with Crippen LogP contribution < -0.4 is 5.32 Å². The highest BCUT2D eigenvalue weighted by molar-refractivity contribution is 5.29. The minimum atomic E-state index is 0.532. The third-order valence-electron chi connectivity index (χ3n) is 3.04. The van der Waals surface area contributed by atoms with Crippen molar-refractivity contribution in [3.63, 3.8) is 0 Å². The van der Waals surface area contributed by atoms with E-state index in [1.165, 1.54) is 30.4 Å². The first-order chi connectivity index (χ1) is 7.42. The van der Waals surface area contributed by atoms with Gasteiger partial charge in [-0.1, -0.05) is 30.7 Å². The average Bonchev–Trinajstić information content (AvgIpc) is 2.31. The van der Waals surface area contributed by atoms with Crippen molar-refractivity contribution < 1.29 is 4.74 Å². The van der Waals surface area contributed by atoms with Gasteiger partial charge in [0.05, 0.1) is 6.61 Å². The van der Waals surface area contributed by atoms with Crippen LogP contribution in [-0.4, -0.2) is 13.7 Å². The van der Waals surface area contributed by atoms with Gasteiger partial charge >= 0.3 is 0 Å². The SMILES string of the molecule is COCc1ccccc1C1CCCCN1. The smallest absolute Gasteiger partial charge is 0.0716 e. The van der Waals surface area contributed by atoms with Crippen LogP contribution in [0.5, 0.6) is 0 Å². The van der Waals surface area contributed by atoms with Crippen molar-refractivity contribution in [3.05, 3.63) is 35.4 Å². The van der Waals surface area contributed by atoms with Gasteiger partial charge in [-0.05, 0) is 30.5 Å². The summed E-state index contributed by atoms with van der Waals surface area (Å²) in [5, 5.41) is 3.58. The minimum Gasteiger partial charge on any atom is -0.380 e. The molecule has 2 heteroatoms. The Kier molecular flexibility index (Phi) is 3.75. The number of hydrogen-bond acceptors (Lipinski definition) is 2. The van der Waals surface area contributed by atoms with Crippen molar-refractivity contribution in [3.8, 4) is 0 Å². The Labute approximate surface area is 91.6 Å². The molecule has 0 aromatic heterocycles. The lowest BCUT2D eigenvalue weighted by atomic mass is 9.94. The fourth-order valence-electron chi connectivity index (χ4n) is 2.28. The molecule has 0 amide bonds. The summed E-state index contributed by atoms with van der Waals surface area (Å²) in [7, 11) is 1.76. The Morgan fingerprint density at radius 2 is 2.20 bits per heavy atom. The summed E-state index contributed by atoms with van der Waals surface area (Å²) in [6, 6.07) is 9.11. The number of hydrogen-bond donors (Lipinski definition) is 1. The largest absolute Gasteiger partial charge is 0.380 e. The maximum atomic E-state index is 5.23. The number of piperidine rings is 1. The molecule has 82 valence electrons. The maximum absolute atomic E-state index is 5.23. The Bertz CT molecular complexity index is 305. The third-order valence-corrected chi connectivity index (χ3v) is 3.04. The van der Waals surface area contributed by atoms with E-state index in [0.717, 1.165) is 6.54 Å². The lowest BCUT2D eigenvalue weighted by molar-refractivity contribution is 0.183. The molecule has 0 aliphatic carbocycles. The summed E-state index contributed by atoms with van der Waals surface area (Å²) < 4.78 is 5.23. The molecule has 1 aromatic rings. The number of methoxy groups -OCH3 is 1. The molecule has 1 aromatic carbocycles. The van der Waals surface area contributed by atoms with E-state index in [9.17, 15) is 0 Å². The topological polar surface area (TPSA) is 21.3 Å². The molecule has 0 spiro atoms. The van der Waals surface area contributed by atoms with Crippen molar-refractivity contribution in [2.24, 2.45) is 0 Å². The predicted octanol–water partition coefficient (Wildman–Crippen LogP) is 2.65. The summed E-state index contributed by atoms with van der Waals surface area (Å²) in [4.78, 5) is 0. The van der Waals surface area contributed by atoms with Gasteiger partial charge < -0.3 is 10.1 Å². The second kappa shape index (κ2) is 5.29. The third kappa shape index (κ3) is 2.58. The summed E-state index contributed by atoms with van der Waals surface area (Å²) in [6.07, 6.45) is 3.89. The lowest BCUT2D eigenvalue weighted by Crippen LogP contribution is -2.27. The molecule has 2 nitrogen and oxygen atoms in total. The number of ether oxygens (including phenoxy) is 1. The van der Waals surface area contributed by atoms with Crippen LogP contribution in [0.15, 0.2) is 24.3 Å². The van der Waals surface area contributed by atoms with Gasteiger partial charge in [-0.25, -0.2) is 0 Å². The molecule has 2 rings (SSSR count). The lowest BCUT2D eigenvalue weighted by Gasteiger charge is -2.25.